The monoisotopic (exact) mass is 333 g/mol. The number of carbonyl (C=O) groups excluding carboxylic acids is 1. The van der Waals surface area contributed by atoms with E-state index in [1.54, 1.807) is 18.2 Å². The molecule has 0 saturated carbocycles. The van der Waals surface area contributed by atoms with Gasteiger partial charge in [0, 0.05) is 6.54 Å². The lowest BCUT2D eigenvalue weighted by atomic mass is 10.1. The van der Waals surface area contributed by atoms with Gasteiger partial charge >= 0.3 is 0 Å². The predicted octanol–water partition coefficient (Wildman–Crippen LogP) is 1.18. The Bertz CT molecular complexity index is 759. The molecule has 2 aromatic carbocycles. The van der Waals surface area contributed by atoms with Crippen LogP contribution < -0.4 is 11.3 Å². The van der Waals surface area contributed by atoms with Crippen molar-refractivity contribution in [2.45, 2.75) is 18.4 Å². The smallest absolute Gasteiger partial charge is 0.249 e. The highest BCUT2D eigenvalue weighted by Crippen LogP contribution is 2.18. The standard InChI is InChI=1S/C16H19N3O3S/c1-13-7-9-14(10-8-13)11-19(12-16(20)18-17)23(21,22)15-5-3-2-4-6-15/h2-10H,11-12,17H2,1H3,(H,18,20). The Morgan fingerprint density at radius 3 is 2.26 bits per heavy atom. The molecule has 122 valence electrons. The molecule has 0 aliphatic carbocycles. The molecule has 0 fully saturated rings. The van der Waals surface area contributed by atoms with E-state index in [0.29, 0.717) is 0 Å². The third-order valence-corrected chi connectivity index (χ3v) is 5.15. The lowest BCUT2D eigenvalue weighted by Gasteiger charge is -2.21. The largest absolute Gasteiger partial charge is 0.293 e. The molecular weight excluding hydrogens is 314 g/mol. The van der Waals surface area contributed by atoms with Crippen molar-refractivity contribution in [3.8, 4) is 0 Å². The van der Waals surface area contributed by atoms with E-state index < -0.39 is 15.9 Å². The summed E-state index contributed by atoms with van der Waals surface area (Å²) >= 11 is 0. The first-order chi connectivity index (χ1) is 10.9. The van der Waals surface area contributed by atoms with E-state index in [-0.39, 0.29) is 18.0 Å². The van der Waals surface area contributed by atoms with Gasteiger partial charge in [-0.1, -0.05) is 48.0 Å². The zero-order chi connectivity index (χ0) is 16.9. The molecule has 0 aliphatic heterocycles. The van der Waals surface area contributed by atoms with Crippen molar-refractivity contribution < 1.29 is 13.2 Å². The number of hydrogen-bond donors (Lipinski definition) is 2. The Hall–Kier alpha value is -2.22. The summed E-state index contributed by atoms with van der Waals surface area (Å²) in [5.41, 5.74) is 3.84. The van der Waals surface area contributed by atoms with Crippen LogP contribution in [0.4, 0.5) is 0 Å². The second-order valence-corrected chi connectivity index (χ2v) is 7.08. The van der Waals surface area contributed by atoms with Gasteiger partial charge in [0.2, 0.25) is 15.9 Å². The van der Waals surface area contributed by atoms with Crippen LogP contribution in [0, 0.1) is 6.92 Å². The fourth-order valence-electron chi connectivity index (χ4n) is 2.07. The van der Waals surface area contributed by atoms with Crippen molar-refractivity contribution in [3.05, 3.63) is 65.7 Å². The minimum absolute atomic E-state index is 0.0882. The number of rotatable bonds is 6. The first kappa shape index (κ1) is 17.1. The fraction of sp³-hybridized carbons (Fsp3) is 0.188. The molecule has 1 amide bonds. The highest BCUT2D eigenvalue weighted by atomic mass is 32.2. The van der Waals surface area contributed by atoms with Crippen molar-refractivity contribution >= 4 is 15.9 Å². The van der Waals surface area contributed by atoms with Crippen LogP contribution in [-0.4, -0.2) is 25.2 Å². The topological polar surface area (TPSA) is 92.5 Å². The van der Waals surface area contributed by atoms with E-state index in [1.807, 2.05) is 36.6 Å². The number of sulfonamides is 1. The van der Waals surface area contributed by atoms with Gasteiger partial charge in [0.15, 0.2) is 0 Å². The van der Waals surface area contributed by atoms with Crippen molar-refractivity contribution in [3.63, 3.8) is 0 Å². The number of nitrogens with zero attached hydrogens (tertiary/aromatic N) is 1. The van der Waals surface area contributed by atoms with Crippen LogP contribution in [0.2, 0.25) is 0 Å². The van der Waals surface area contributed by atoms with Gasteiger partial charge in [-0.05, 0) is 24.6 Å². The molecular formula is C16H19N3O3S. The van der Waals surface area contributed by atoms with Gasteiger partial charge in [-0.3, -0.25) is 10.2 Å². The summed E-state index contributed by atoms with van der Waals surface area (Å²) in [6.07, 6.45) is 0. The summed E-state index contributed by atoms with van der Waals surface area (Å²) in [7, 11) is -3.80. The van der Waals surface area contributed by atoms with Crippen molar-refractivity contribution in [1.82, 2.24) is 9.73 Å². The summed E-state index contributed by atoms with van der Waals surface area (Å²) in [5.74, 6) is 4.52. The van der Waals surface area contributed by atoms with Gasteiger partial charge in [0.25, 0.3) is 0 Å². The van der Waals surface area contributed by atoms with Crippen molar-refractivity contribution in [2.75, 3.05) is 6.54 Å². The normalized spacial score (nSPS) is 11.4. The summed E-state index contributed by atoms with van der Waals surface area (Å²) < 4.78 is 26.6. The second-order valence-electron chi connectivity index (χ2n) is 5.14. The Morgan fingerprint density at radius 1 is 1.09 bits per heavy atom. The van der Waals surface area contributed by atoms with E-state index in [2.05, 4.69) is 0 Å². The fourth-order valence-corrected chi connectivity index (χ4v) is 3.48. The maximum absolute atomic E-state index is 12.8. The minimum Gasteiger partial charge on any atom is -0.293 e. The molecule has 0 saturated heterocycles. The molecule has 7 heteroatoms. The molecule has 0 atom stereocenters. The lowest BCUT2D eigenvalue weighted by molar-refractivity contribution is -0.121. The molecule has 0 heterocycles. The first-order valence-corrected chi connectivity index (χ1v) is 8.47. The van der Waals surface area contributed by atoms with Crippen LogP contribution in [0.15, 0.2) is 59.5 Å². The highest BCUT2D eigenvalue weighted by molar-refractivity contribution is 7.89. The van der Waals surface area contributed by atoms with Crippen molar-refractivity contribution in [2.24, 2.45) is 5.84 Å². The number of aryl methyl sites for hydroxylation is 1. The zero-order valence-electron chi connectivity index (χ0n) is 12.8. The SMILES string of the molecule is Cc1ccc(CN(CC(=O)NN)S(=O)(=O)c2ccccc2)cc1. The third-order valence-electron chi connectivity index (χ3n) is 3.34. The van der Waals surface area contributed by atoms with Gasteiger partial charge < -0.3 is 0 Å². The number of carbonyl (C=O) groups is 1. The maximum Gasteiger partial charge on any atom is 0.249 e. The second kappa shape index (κ2) is 7.36. The van der Waals surface area contributed by atoms with Gasteiger partial charge in [0.05, 0.1) is 11.4 Å². The van der Waals surface area contributed by atoms with Gasteiger partial charge in [-0.25, -0.2) is 14.3 Å². The van der Waals surface area contributed by atoms with Gasteiger partial charge in [-0.15, -0.1) is 0 Å². The summed E-state index contributed by atoms with van der Waals surface area (Å²) in [5, 5.41) is 0. The predicted molar refractivity (Wildman–Crippen MR) is 87.5 cm³/mol. The molecule has 3 N–H and O–H groups in total. The molecule has 2 aromatic rings. The molecule has 0 radical (unpaired) electrons. The average Bonchev–Trinajstić information content (AvgIpc) is 2.56. The molecule has 0 spiro atoms. The van der Waals surface area contributed by atoms with Gasteiger partial charge in [0.1, 0.15) is 0 Å². The molecule has 0 unspecified atom stereocenters. The summed E-state index contributed by atoms with van der Waals surface area (Å²) in [6, 6.07) is 15.5. The van der Waals surface area contributed by atoms with E-state index in [4.69, 9.17) is 5.84 Å². The number of hydrogen-bond acceptors (Lipinski definition) is 4. The van der Waals surface area contributed by atoms with E-state index in [1.165, 1.54) is 12.1 Å². The summed E-state index contributed by atoms with van der Waals surface area (Å²) in [6.45, 7) is 1.69. The maximum atomic E-state index is 12.8. The Labute approximate surface area is 135 Å². The van der Waals surface area contributed by atoms with Crippen LogP contribution in [-0.2, 0) is 21.4 Å². The number of benzene rings is 2. The molecule has 0 aromatic heterocycles. The highest BCUT2D eigenvalue weighted by Gasteiger charge is 2.26. The molecule has 0 aliphatic rings. The summed E-state index contributed by atoms with van der Waals surface area (Å²) in [4.78, 5) is 11.7. The average molecular weight is 333 g/mol. The number of nitrogens with two attached hydrogens (primary N) is 1. The Morgan fingerprint density at radius 2 is 1.70 bits per heavy atom. The molecule has 2 rings (SSSR count). The molecule has 6 nitrogen and oxygen atoms in total. The Balaban J connectivity index is 2.33. The van der Waals surface area contributed by atoms with Crippen LogP contribution >= 0.6 is 0 Å². The number of nitrogens with one attached hydrogen (secondary N) is 1. The molecule has 0 bridgehead atoms. The molecule has 23 heavy (non-hydrogen) atoms. The zero-order valence-corrected chi connectivity index (χ0v) is 13.6. The Kier molecular flexibility index (Phi) is 5.49. The third kappa shape index (κ3) is 4.38. The number of hydrazine groups is 1. The quantitative estimate of drug-likeness (QED) is 0.472. The minimum atomic E-state index is -3.80. The van der Waals surface area contributed by atoms with Crippen molar-refractivity contribution in [1.29, 1.82) is 0 Å². The number of amides is 1. The van der Waals surface area contributed by atoms with Crippen LogP contribution in [0.5, 0.6) is 0 Å². The van der Waals surface area contributed by atoms with Crippen LogP contribution in [0.1, 0.15) is 11.1 Å². The van der Waals surface area contributed by atoms with Crippen LogP contribution in [0.25, 0.3) is 0 Å². The van der Waals surface area contributed by atoms with E-state index >= 15 is 0 Å². The van der Waals surface area contributed by atoms with Gasteiger partial charge in [-0.2, -0.15) is 4.31 Å². The first-order valence-electron chi connectivity index (χ1n) is 7.03. The van der Waals surface area contributed by atoms with E-state index in [9.17, 15) is 13.2 Å². The van der Waals surface area contributed by atoms with E-state index in [0.717, 1.165) is 15.4 Å². The van der Waals surface area contributed by atoms with Crippen LogP contribution in [0.3, 0.4) is 0 Å². The lowest BCUT2D eigenvalue weighted by Crippen LogP contribution is -2.42.